The Bertz CT molecular complexity index is 2970. The van der Waals surface area contributed by atoms with Crippen LogP contribution in [0.5, 0.6) is 17.2 Å². The van der Waals surface area contributed by atoms with Gasteiger partial charge in [-0.3, -0.25) is 44.1 Å². The molecule has 1 aromatic heterocycles. The average molecular weight is 1000 g/mol. The summed E-state index contributed by atoms with van der Waals surface area (Å²) in [5.41, 5.74) is 2.56. The van der Waals surface area contributed by atoms with E-state index >= 15 is 0 Å². The van der Waals surface area contributed by atoms with Crippen molar-refractivity contribution in [3.05, 3.63) is 108 Å². The van der Waals surface area contributed by atoms with Crippen LogP contribution in [0.3, 0.4) is 0 Å². The molecule has 5 amide bonds. The van der Waals surface area contributed by atoms with Crippen molar-refractivity contribution in [3.63, 3.8) is 0 Å². The molecule has 380 valence electrons. The van der Waals surface area contributed by atoms with Crippen LogP contribution in [0.25, 0.3) is 10.9 Å². The number of hydrogen-bond donors (Lipinski definition) is 4. The highest BCUT2D eigenvalue weighted by atomic mass is 19.4. The molecule has 12 rings (SSSR count). The van der Waals surface area contributed by atoms with E-state index < -0.39 is 41.4 Å². The second kappa shape index (κ2) is 19.3. The van der Waals surface area contributed by atoms with E-state index in [-0.39, 0.29) is 29.7 Å². The molecule has 0 radical (unpaired) electrons. The summed E-state index contributed by atoms with van der Waals surface area (Å²) < 4.78 is 66.1. The largest absolute Gasteiger partial charge is 0.573 e. The van der Waals surface area contributed by atoms with Crippen LogP contribution in [0.4, 0.5) is 40.3 Å². The fourth-order valence-corrected chi connectivity index (χ4v) is 11.1. The molecule has 4 N–H and O–H groups in total. The van der Waals surface area contributed by atoms with Crippen molar-refractivity contribution in [1.29, 1.82) is 0 Å². The van der Waals surface area contributed by atoms with Gasteiger partial charge >= 0.3 is 6.36 Å². The first kappa shape index (κ1) is 48.0. The Kier molecular flexibility index (Phi) is 12.7. The van der Waals surface area contributed by atoms with Crippen molar-refractivity contribution in [2.45, 2.75) is 76.0 Å². The van der Waals surface area contributed by atoms with E-state index in [9.17, 15) is 41.5 Å². The van der Waals surface area contributed by atoms with Gasteiger partial charge in [0.1, 0.15) is 28.8 Å². The third-order valence-corrected chi connectivity index (χ3v) is 15.2. The number of carbonyl (C=O) groups excluding carboxylic acids is 5. The van der Waals surface area contributed by atoms with Crippen molar-refractivity contribution in [2.75, 3.05) is 66.7 Å². The molecule has 1 saturated carbocycles. The first-order chi connectivity index (χ1) is 35.2. The number of aromatic nitrogens is 1. The highest BCUT2D eigenvalue weighted by Crippen LogP contribution is 2.48. The Morgan fingerprint density at radius 2 is 1.55 bits per heavy atom. The van der Waals surface area contributed by atoms with Crippen LogP contribution in [-0.2, 0) is 25.7 Å². The number of ether oxygens (including phenoxy) is 2. The number of fused-ring (bicyclic) bond motifs is 4. The zero-order chi connectivity index (χ0) is 50.6. The minimum absolute atomic E-state index is 0.199. The van der Waals surface area contributed by atoms with Crippen molar-refractivity contribution < 1.29 is 51.0 Å². The summed E-state index contributed by atoms with van der Waals surface area (Å²) in [4.78, 5) is 76.8. The van der Waals surface area contributed by atoms with E-state index in [1.807, 2.05) is 17.0 Å². The van der Waals surface area contributed by atoms with Crippen LogP contribution in [0.2, 0.25) is 0 Å². The van der Waals surface area contributed by atoms with E-state index in [2.05, 4.69) is 40.8 Å². The van der Waals surface area contributed by atoms with Gasteiger partial charge in [0.2, 0.25) is 23.6 Å². The van der Waals surface area contributed by atoms with Crippen LogP contribution in [0.1, 0.15) is 60.9 Å². The van der Waals surface area contributed by atoms with Gasteiger partial charge in [0, 0.05) is 111 Å². The Balaban J connectivity index is 0.672. The van der Waals surface area contributed by atoms with Crippen molar-refractivity contribution in [3.8, 4) is 17.2 Å². The zero-order valence-electron chi connectivity index (χ0n) is 39.7. The minimum atomic E-state index is -4.95. The number of rotatable bonds is 15. The molecule has 20 heteroatoms. The zero-order valence-corrected chi connectivity index (χ0v) is 39.7. The Hall–Kier alpha value is -7.32. The van der Waals surface area contributed by atoms with Crippen LogP contribution in [0, 0.1) is 17.2 Å². The van der Waals surface area contributed by atoms with Gasteiger partial charge in [-0.25, -0.2) is 4.39 Å². The molecule has 5 saturated heterocycles. The Morgan fingerprint density at radius 3 is 2.22 bits per heavy atom. The predicted octanol–water partition coefficient (Wildman–Crippen LogP) is 7.27. The average Bonchev–Trinajstić information content (AvgIpc) is 4.13. The summed E-state index contributed by atoms with van der Waals surface area (Å²) >= 11 is 0. The predicted molar refractivity (Wildman–Crippen MR) is 262 cm³/mol. The number of hydrogen-bond acceptors (Lipinski definition) is 12. The summed E-state index contributed by atoms with van der Waals surface area (Å²) in [6, 6.07) is 21.9. The van der Waals surface area contributed by atoms with E-state index in [4.69, 9.17) is 4.74 Å². The second-order valence-corrected chi connectivity index (χ2v) is 19.9. The number of piperidine rings is 3. The summed E-state index contributed by atoms with van der Waals surface area (Å²) in [6.45, 7) is 5.72. The third kappa shape index (κ3) is 9.97. The van der Waals surface area contributed by atoms with Crippen LogP contribution in [0.15, 0.2) is 91.1 Å². The number of halogens is 4. The summed E-state index contributed by atoms with van der Waals surface area (Å²) in [6.07, 6.45) is 0.536. The van der Waals surface area contributed by atoms with Crippen molar-refractivity contribution >= 4 is 63.2 Å². The fraction of sp³-hybridized carbons (Fsp3) is 0.396. The maximum Gasteiger partial charge on any atom is 0.573 e. The number of anilines is 4. The number of imide groups is 1. The van der Waals surface area contributed by atoms with Gasteiger partial charge in [-0.1, -0.05) is 6.07 Å². The number of benzene rings is 4. The number of carbonyl (C=O) groups is 5. The lowest BCUT2D eigenvalue weighted by Crippen LogP contribution is -2.69. The highest BCUT2D eigenvalue weighted by Gasteiger charge is 2.56. The molecular weight excluding hydrogens is 951 g/mol. The normalized spacial score (nSPS) is 21.8. The summed E-state index contributed by atoms with van der Waals surface area (Å²) in [5, 5.41) is 11.7. The molecule has 16 nitrogen and oxygen atoms in total. The van der Waals surface area contributed by atoms with Crippen molar-refractivity contribution in [1.82, 2.24) is 25.0 Å². The maximum atomic E-state index is 14.0. The van der Waals surface area contributed by atoms with Crippen molar-refractivity contribution in [2.24, 2.45) is 11.3 Å². The van der Waals surface area contributed by atoms with Gasteiger partial charge in [0.25, 0.3) is 5.91 Å². The number of nitrogens with zero attached hydrogens (tertiary/aromatic N) is 5. The lowest BCUT2D eigenvalue weighted by atomic mass is 9.84. The molecule has 7 heterocycles. The second-order valence-electron chi connectivity index (χ2n) is 19.9. The van der Waals surface area contributed by atoms with Gasteiger partial charge < -0.3 is 35.2 Å². The Labute approximate surface area is 417 Å². The standard InChI is InChI=1S/C53H53F4N9O7/c54-32-4-6-33(7-5-32)60-50(70)52(17-18-52)51(71)61-34-8-10-37(11-9-34)72-45-14-19-58-42-26-44(46(25-39(42)45)73-53(55,56)57)64-21-15-31(16-22-64)27-65-35-24-36(65)29-63(28-35)23-20-59-41-3-1-2-38-40(41)30-66(49(38)69)43-12-13-47(67)62-48(43)68/h1-11,14,19,25-26,31,35-36,43,59H,12-13,15-18,20-24,27-30H2,(H,60,70)(H,61,71)(H,62,67,68). The smallest absolute Gasteiger partial charge is 0.457 e. The third-order valence-electron chi connectivity index (χ3n) is 15.2. The Morgan fingerprint density at radius 1 is 0.849 bits per heavy atom. The lowest BCUT2D eigenvalue weighted by molar-refractivity contribution is -0.274. The number of nitrogens with one attached hydrogen (secondary N) is 4. The molecule has 1 aliphatic carbocycles. The first-order valence-corrected chi connectivity index (χ1v) is 24.7. The van der Waals surface area contributed by atoms with Gasteiger partial charge in [0.15, 0.2) is 5.75 Å². The van der Waals surface area contributed by atoms with Crippen LogP contribution < -0.4 is 35.6 Å². The number of pyridine rings is 1. The first-order valence-electron chi connectivity index (χ1n) is 24.7. The molecule has 7 aliphatic rings. The van der Waals surface area contributed by atoms with E-state index in [1.54, 1.807) is 47.4 Å². The molecular formula is C53H53F4N9O7. The van der Waals surface area contributed by atoms with Crippen LogP contribution in [-0.4, -0.2) is 120 Å². The number of alkyl halides is 3. The summed E-state index contributed by atoms with van der Waals surface area (Å²) in [7, 11) is 0. The molecule has 3 unspecified atom stereocenters. The molecule has 2 bridgehead atoms. The number of piperazine rings is 1. The van der Waals surface area contributed by atoms with Gasteiger partial charge in [-0.15, -0.1) is 13.2 Å². The van der Waals surface area contributed by atoms with Gasteiger partial charge in [0.05, 0.1) is 11.2 Å². The molecule has 5 aromatic rings. The van der Waals surface area contributed by atoms with E-state index in [1.165, 1.54) is 36.5 Å². The highest BCUT2D eigenvalue weighted by molar-refractivity contribution is 6.17. The van der Waals surface area contributed by atoms with E-state index in [0.717, 1.165) is 56.7 Å². The van der Waals surface area contributed by atoms with E-state index in [0.29, 0.717) is 103 Å². The van der Waals surface area contributed by atoms with Gasteiger partial charge in [-0.05, 0) is 123 Å². The SMILES string of the molecule is O=C1CCC(N2Cc3c(NCCN4CC5CC(C4)N5CC4CCN(c5cc6nccc(Oc7ccc(NC(=O)C8(C(=O)Nc9ccc(F)cc9)CC8)cc7)c6cc5OC(F)(F)F)CC4)cccc3C2=O)C(=O)N1. The molecule has 3 atom stereocenters. The lowest BCUT2D eigenvalue weighted by Gasteiger charge is -2.57. The maximum absolute atomic E-state index is 14.0. The minimum Gasteiger partial charge on any atom is -0.457 e. The fourth-order valence-electron chi connectivity index (χ4n) is 11.1. The molecule has 4 aromatic carbocycles. The topological polar surface area (TPSA) is 178 Å². The van der Waals surface area contributed by atoms with Gasteiger partial charge in [-0.2, -0.15) is 0 Å². The molecule has 0 spiro atoms. The number of amides is 5. The quantitative estimate of drug-likeness (QED) is 0.0470. The summed E-state index contributed by atoms with van der Waals surface area (Å²) in [5.74, 6) is -1.74. The monoisotopic (exact) mass is 1000 g/mol. The molecule has 6 fully saturated rings. The molecule has 73 heavy (non-hydrogen) atoms. The van der Waals surface area contributed by atoms with Crippen LogP contribution >= 0.6 is 0 Å². The molecule has 6 aliphatic heterocycles.